The van der Waals surface area contributed by atoms with Gasteiger partial charge in [-0.25, -0.2) is 0 Å². The third-order valence-electron chi connectivity index (χ3n) is 8.48. The van der Waals surface area contributed by atoms with Gasteiger partial charge in [0.2, 0.25) is 5.75 Å². The standard InChI is InChI=1S/C21H25NO6/c1-22(10-19(26)4-5-19)7-6-20-15-11-8-13(24)16(25)17(15)28-18(20)12(23)2-3-21(20,27)14(22)9-11/h8,14,18,26-27H,2-7,9-10H2,1H3,(H-,24,25)/p+1/t14-,18-,20-,21+,22+/m0/s1. The lowest BCUT2D eigenvalue weighted by atomic mass is 9.48. The van der Waals surface area contributed by atoms with Gasteiger partial charge in [-0.1, -0.05) is 0 Å². The van der Waals surface area contributed by atoms with Gasteiger partial charge in [0.05, 0.1) is 19.0 Å². The quantitative estimate of drug-likeness (QED) is 0.434. The fourth-order valence-corrected chi connectivity index (χ4v) is 7.05. The minimum atomic E-state index is -1.15. The number of likely N-dealkylation sites (tertiary alicyclic amines) is 1. The maximum Gasteiger partial charge on any atom is 0.200 e. The first-order valence-corrected chi connectivity index (χ1v) is 10.2. The Hall–Kier alpha value is -1.83. The van der Waals surface area contributed by atoms with E-state index in [2.05, 4.69) is 7.05 Å². The van der Waals surface area contributed by atoms with Crippen LogP contribution in [0.5, 0.6) is 17.2 Å². The molecule has 0 unspecified atom stereocenters. The first kappa shape index (κ1) is 17.1. The molecule has 7 heteroatoms. The molecule has 7 nitrogen and oxygen atoms in total. The number of benzene rings is 1. The Morgan fingerprint density at radius 1 is 1.21 bits per heavy atom. The highest BCUT2D eigenvalue weighted by Gasteiger charge is 2.77. The Balaban J connectivity index is 1.60. The monoisotopic (exact) mass is 388 g/mol. The molecule has 5 aliphatic rings. The number of rotatable bonds is 2. The van der Waals surface area contributed by atoms with E-state index in [1.54, 1.807) is 6.07 Å². The van der Waals surface area contributed by atoms with Crippen molar-refractivity contribution >= 4 is 5.78 Å². The van der Waals surface area contributed by atoms with E-state index in [1.807, 2.05) is 0 Å². The van der Waals surface area contributed by atoms with Crippen LogP contribution in [0.1, 0.15) is 43.2 Å². The molecule has 2 saturated carbocycles. The molecule has 6 rings (SSSR count). The van der Waals surface area contributed by atoms with Crippen LogP contribution in [0.4, 0.5) is 0 Å². The molecule has 1 aromatic rings. The highest BCUT2D eigenvalue weighted by molar-refractivity contribution is 5.90. The Kier molecular flexibility index (Phi) is 2.84. The van der Waals surface area contributed by atoms with E-state index in [9.17, 15) is 25.2 Å². The number of phenolic OH excluding ortho intramolecular Hbond substituents is 2. The van der Waals surface area contributed by atoms with Crippen molar-refractivity contribution in [3.05, 3.63) is 17.2 Å². The van der Waals surface area contributed by atoms with E-state index in [-0.39, 0.29) is 35.5 Å². The number of likely N-dealkylation sites (N-methyl/N-ethyl adjacent to an activating group) is 1. The number of nitrogens with zero attached hydrogens (tertiary/aromatic N) is 1. The number of aliphatic hydroxyl groups is 2. The first-order chi connectivity index (χ1) is 13.1. The van der Waals surface area contributed by atoms with E-state index < -0.39 is 22.7 Å². The van der Waals surface area contributed by atoms with Gasteiger partial charge in [0.1, 0.15) is 23.8 Å². The number of hydrogen-bond acceptors (Lipinski definition) is 6. The van der Waals surface area contributed by atoms with Crippen LogP contribution < -0.4 is 4.74 Å². The fraction of sp³-hybridized carbons (Fsp3) is 0.667. The summed E-state index contributed by atoms with van der Waals surface area (Å²) in [5.41, 5.74) is -1.13. The van der Waals surface area contributed by atoms with Crippen molar-refractivity contribution in [3.63, 3.8) is 0 Å². The molecule has 2 bridgehead atoms. The Morgan fingerprint density at radius 3 is 2.68 bits per heavy atom. The summed E-state index contributed by atoms with van der Waals surface area (Å²) in [5, 5.41) is 43.5. The molecule has 0 amide bonds. The van der Waals surface area contributed by atoms with Crippen molar-refractivity contribution < 1.29 is 34.4 Å². The molecule has 150 valence electrons. The number of phenols is 2. The summed E-state index contributed by atoms with van der Waals surface area (Å²) in [7, 11) is 2.10. The van der Waals surface area contributed by atoms with E-state index in [0.29, 0.717) is 30.3 Å². The lowest BCUT2D eigenvalue weighted by molar-refractivity contribution is -0.952. The maximum atomic E-state index is 12.8. The largest absolute Gasteiger partial charge is 0.504 e. The minimum absolute atomic E-state index is 0.0525. The van der Waals surface area contributed by atoms with Crippen molar-refractivity contribution in [3.8, 4) is 17.2 Å². The van der Waals surface area contributed by atoms with Gasteiger partial charge in [0.25, 0.3) is 0 Å². The Labute approximate surface area is 162 Å². The first-order valence-electron chi connectivity index (χ1n) is 10.2. The molecule has 2 aliphatic heterocycles. The number of piperidine rings is 1. The van der Waals surface area contributed by atoms with E-state index in [1.165, 1.54) is 0 Å². The van der Waals surface area contributed by atoms with Crippen molar-refractivity contribution in [2.75, 3.05) is 20.1 Å². The van der Waals surface area contributed by atoms with E-state index in [0.717, 1.165) is 30.5 Å². The highest BCUT2D eigenvalue weighted by atomic mass is 16.5. The molecule has 4 N–H and O–H groups in total. The molecule has 5 atom stereocenters. The van der Waals surface area contributed by atoms with Gasteiger partial charge in [-0.2, -0.15) is 0 Å². The van der Waals surface area contributed by atoms with Gasteiger partial charge in [0, 0.05) is 24.8 Å². The Bertz CT molecular complexity index is 941. The second-order valence-electron chi connectivity index (χ2n) is 10.0. The average Bonchev–Trinajstić information content (AvgIpc) is 3.22. The Morgan fingerprint density at radius 2 is 1.96 bits per heavy atom. The SMILES string of the molecule is C[N@+]1(CC2(O)CC2)CC[C@]23c4c5cc(O)c(O)c4O[C@H]2C(=O)CC[C@@]3(O)[C@@H]1C5. The van der Waals surface area contributed by atoms with Crippen LogP contribution in [0.3, 0.4) is 0 Å². The third-order valence-corrected chi connectivity index (χ3v) is 8.48. The smallest absolute Gasteiger partial charge is 0.200 e. The molecule has 1 aromatic carbocycles. The van der Waals surface area contributed by atoms with Crippen LogP contribution in [0, 0.1) is 0 Å². The molecule has 0 radical (unpaired) electrons. The zero-order valence-electron chi connectivity index (χ0n) is 15.9. The zero-order chi connectivity index (χ0) is 19.7. The summed E-state index contributed by atoms with van der Waals surface area (Å²) in [6.07, 6.45) is 2.42. The van der Waals surface area contributed by atoms with Crippen LogP contribution in [-0.2, 0) is 16.6 Å². The van der Waals surface area contributed by atoms with Crippen LogP contribution >= 0.6 is 0 Å². The summed E-state index contributed by atoms with van der Waals surface area (Å²) < 4.78 is 6.52. The fourth-order valence-electron chi connectivity index (χ4n) is 7.05. The van der Waals surface area contributed by atoms with Crippen molar-refractivity contribution in [2.45, 2.75) is 67.3 Å². The normalized spacial score (nSPS) is 44.0. The number of aromatic hydroxyl groups is 2. The van der Waals surface area contributed by atoms with Gasteiger partial charge < -0.3 is 29.6 Å². The zero-order valence-corrected chi connectivity index (χ0v) is 15.9. The molecule has 1 saturated heterocycles. The van der Waals surface area contributed by atoms with Crippen molar-refractivity contribution in [1.29, 1.82) is 0 Å². The summed E-state index contributed by atoms with van der Waals surface area (Å²) in [5.74, 6) is -0.478. The number of ketones is 1. The second kappa shape index (κ2) is 4.66. The summed E-state index contributed by atoms with van der Waals surface area (Å²) in [6, 6.07) is 1.36. The molecular formula is C21H26NO6+. The number of ether oxygens (including phenoxy) is 1. The van der Waals surface area contributed by atoms with Gasteiger partial charge in [-0.3, -0.25) is 4.79 Å². The topological polar surface area (TPSA) is 107 Å². The number of carbonyl (C=O) groups is 1. The van der Waals surface area contributed by atoms with Gasteiger partial charge >= 0.3 is 0 Å². The predicted molar refractivity (Wildman–Crippen MR) is 97.3 cm³/mol. The van der Waals surface area contributed by atoms with Gasteiger partial charge in [0.15, 0.2) is 23.4 Å². The number of carbonyl (C=O) groups excluding carboxylic acids is 1. The summed E-state index contributed by atoms with van der Waals surface area (Å²) >= 11 is 0. The van der Waals surface area contributed by atoms with Crippen LogP contribution in [0.25, 0.3) is 0 Å². The number of Topliss-reactive ketones (excluding diaryl/α,β-unsaturated/α-hetero) is 1. The lowest BCUT2D eigenvalue weighted by Crippen LogP contribution is -2.81. The molecule has 3 aliphatic carbocycles. The average molecular weight is 388 g/mol. The summed E-state index contributed by atoms with van der Waals surface area (Å²) in [4.78, 5) is 12.8. The predicted octanol–water partition coefficient (Wildman–Crippen LogP) is 0.490. The highest BCUT2D eigenvalue weighted by Crippen LogP contribution is 2.67. The van der Waals surface area contributed by atoms with Crippen molar-refractivity contribution in [2.24, 2.45) is 0 Å². The van der Waals surface area contributed by atoms with Crippen LogP contribution in [0.2, 0.25) is 0 Å². The summed E-state index contributed by atoms with van der Waals surface area (Å²) in [6.45, 7) is 1.31. The maximum absolute atomic E-state index is 12.8. The third kappa shape index (κ3) is 1.71. The van der Waals surface area contributed by atoms with E-state index >= 15 is 0 Å². The lowest BCUT2D eigenvalue weighted by Gasteiger charge is -2.64. The minimum Gasteiger partial charge on any atom is -0.504 e. The molecule has 3 fully saturated rings. The van der Waals surface area contributed by atoms with Crippen LogP contribution in [-0.4, -0.2) is 74.2 Å². The molecule has 28 heavy (non-hydrogen) atoms. The number of quaternary nitrogens is 1. The molecule has 0 aromatic heterocycles. The van der Waals surface area contributed by atoms with Crippen LogP contribution in [0.15, 0.2) is 6.07 Å². The number of hydrogen-bond donors (Lipinski definition) is 4. The molecule has 2 heterocycles. The second-order valence-corrected chi connectivity index (χ2v) is 10.0. The van der Waals surface area contributed by atoms with Crippen molar-refractivity contribution in [1.82, 2.24) is 0 Å². The van der Waals surface area contributed by atoms with Gasteiger partial charge in [-0.05, 0) is 30.9 Å². The molecule has 1 spiro atoms. The molecular weight excluding hydrogens is 362 g/mol. The van der Waals surface area contributed by atoms with Gasteiger partial charge in [-0.15, -0.1) is 0 Å². The van der Waals surface area contributed by atoms with E-state index in [4.69, 9.17) is 4.74 Å².